The van der Waals surface area contributed by atoms with Gasteiger partial charge in [0.15, 0.2) is 5.16 Å². The van der Waals surface area contributed by atoms with Gasteiger partial charge in [0, 0.05) is 24.5 Å². The highest BCUT2D eigenvalue weighted by Crippen LogP contribution is 2.41. The summed E-state index contributed by atoms with van der Waals surface area (Å²) in [7, 11) is 0. The van der Waals surface area contributed by atoms with Crippen LogP contribution >= 0.6 is 11.8 Å². The lowest BCUT2D eigenvalue weighted by atomic mass is 10.1. The summed E-state index contributed by atoms with van der Waals surface area (Å²) < 4.78 is 2.33. The SMILES string of the molecule is Nc1nc(CSc2nnc(N3CCCCC3)n2C2CC2)nc2ccccc12. The molecule has 7 nitrogen and oxygen atoms in total. The van der Waals surface area contributed by atoms with Gasteiger partial charge in [0.05, 0.1) is 11.3 Å². The zero-order valence-electron chi connectivity index (χ0n) is 15.2. The van der Waals surface area contributed by atoms with Gasteiger partial charge in [-0.1, -0.05) is 23.9 Å². The zero-order valence-corrected chi connectivity index (χ0v) is 16.0. The van der Waals surface area contributed by atoms with Crippen molar-refractivity contribution in [2.45, 2.75) is 49.1 Å². The third-order valence-corrected chi connectivity index (χ3v) is 6.15. The molecule has 3 heterocycles. The minimum Gasteiger partial charge on any atom is -0.383 e. The normalized spacial score (nSPS) is 17.6. The second kappa shape index (κ2) is 6.99. The Morgan fingerprint density at radius 1 is 1.04 bits per heavy atom. The molecule has 140 valence electrons. The minimum atomic E-state index is 0.536. The molecule has 3 aromatic rings. The van der Waals surface area contributed by atoms with Crippen LogP contribution in [0.25, 0.3) is 10.9 Å². The number of thioether (sulfide) groups is 1. The van der Waals surface area contributed by atoms with Gasteiger partial charge in [-0.3, -0.25) is 4.57 Å². The Kier molecular flexibility index (Phi) is 4.35. The van der Waals surface area contributed by atoms with E-state index in [0.717, 1.165) is 40.9 Å². The summed E-state index contributed by atoms with van der Waals surface area (Å²) in [4.78, 5) is 11.5. The van der Waals surface area contributed by atoms with Crippen LogP contribution in [0.5, 0.6) is 0 Å². The van der Waals surface area contributed by atoms with E-state index in [1.165, 1.54) is 32.1 Å². The molecule has 5 rings (SSSR count). The lowest BCUT2D eigenvalue weighted by Crippen LogP contribution is -2.31. The molecule has 2 aromatic heterocycles. The van der Waals surface area contributed by atoms with E-state index in [4.69, 9.17) is 5.73 Å². The van der Waals surface area contributed by atoms with Crippen molar-refractivity contribution < 1.29 is 0 Å². The van der Waals surface area contributed by atoms with Crippen LogP contribution in [0.4, 0.5) is 11.8 Å². The van der Waals surface area contributed by atoms with Gasteiger partial charge >= 0.3 is 0 Å². The Labute approximate surface area is 162 Å². The Balaban J connectivity index is 1.39. The highest BCUT2D eigenvalue weighted by atomic mass is 32.2. The van der Waals surface area contributed by atoms with Crippen LogP contribution in [0.3, 0.4) is 0 Å². The van der Waals surface area contributed by atoms with E-state index in [-0.39, 0.29) is 0 Å². The lowest BCUT2D eigenvalue weighted by Gasteiger charge is -2.27. The number of hydrogen-bond acceptors (Lipinski definition) is 7. The summed E-state index contributed by atoms with van der Waals surface area (Å²) in [5, 5.41) is 10.9. The summed E-state index contributed by atoms with van der Waals surface area (Å²) in [5.41, 5.74) is 7.00. The van der Waals surface area contributed by atoms with E-state index in [0.29, 0.717) is 17.6 Å². The van der Waals surface area contributed by atoms with Crippen molar-refractivity contribution in [1.29, 1.82) is 0 Å². The molecule has 1 saturated carbocycles. The van der Waals surface area contributed by atoms with Gasteiger partial charge in [-0.25, -0.2) is 9.97 Å². The molecule has 0 amide bonds. The fourth-order valence-electron chi connectivity index (χ4n) is 3.67. The Morgan fingerprint density at radius 2 is 1.85 bits per heavy atom. The smallest absolute Gasteiger partial charge is 0.228 e. The Hall–Kier alpha value is -2.35. The molecule has 2 fully saturated rings. The number of benzene rings is 1. The van der Waals surface area contributed by atoms with Crippen LogP contribution in [0.1, 0.15) is 44.0 Å². The van der Waals surface area contributed by atoms with E-state index < -0.39 is 0 Å². The Bertz CT molecular complexity index is 960. The standard InChI is InChI=1S/C19H23N7S/c20-17-14-6-2-3-7-15(14)21-16(22-17)12-27-19-24-23-18(26(19)13-8-9-13)25-10-4-1-5-11-25/h2-3,6-7,13H,1,4-5,8-12H2,(H2,20,21,22). The predicted octanol–water partition coefficient (Wildman–Crippen LogP) is 3.42. The van der Waals surface area contributed by atoms with Crippen LogP contribution in [-0.4, -0.2) is 37.8 Å². The van der Waals surface area contributed by atoms with Crippen molar-refractivity contribution in [2.75, 3.05) is 23.7 Å². The number of nitrogen functional groups attached to an aromatic ring is 1. The van der Waals surface area contributed by atoms with E-state index in [9.17, 15) is 0 Å². The fourth-order valence-corrected chi connectivity index (χ4v) is 4.53. The molecule has 0 radical (unpaired) electrons. The number of rotatable bonds is 5. The van der Waals surface area contributed by atoms with E-state index >= 15 is 0 Å². The number of aromatic nitrogens is 5. The summed E-state index contributed by atoms with van der Waals surface area (Å²) in [5.74, 6) is 2.95. The number of piperidine rings is 1. The molecule has 0 atom stereocenters. The highest BCUT2D eigenvalue weighted by Gasteiger charge is 2.32. The first kappa shape index (κ1) is 16.8. The quantitative estimate of drug-likeness (QED) is 0.678. The number of anilines is 2. The van der Waals surface area contributed by atoms with Crippen LogP contribution in [0.2, 0.25) is 0 Å². The second-order valence-electron chi connectivity index (χ2n) is 7.26. The monoisotopic (exact) mass is 381 g/mol. The minimum absolute atomic E-state index is 0.536. The van der Waals surface area contributed by atoms with Crippen molar-refractivity contribution in [3.63, 3.8) is 0 Å². The number of fused-ring (bicyclic) bond motifs is 1. The van der Waals surface area contributed by atoms with Crippen molar-refractivity contribution in [2.24, 2.45) is 0 Å². The molecule has 0 unspecified atom stereocenters. The number of para-hydroxylation sites is 1. The average Bonchev–Trinajstić information content (AvgIpc) is 3.46. The molecule has 1 saturated heterocycles. The van der Waals surface area contributed by atoms with Crippen molar-refractivity contribution in [1.82, 2.24) is 24.7 Å². The maximum atomic E-state index is 6.12. The van der Waals surface area contributed by atoms with E-state index in [2.05, 4.69) is 29.6 Å². The van der Waals surface area contributed by atoms with Gasteiger partial charge in [0.2, 0.25) is 5.95 Å². The summed E-state index contributed by atoms with van der Waals surface area (Å²) in [6, 6.07) is 8.40. The van der Waals surface area contributed by atoms with Gasteiger partial charge in [0.25, 0.3) is 0 Å². The number of hydrogen-bond donors (Lipinski definition) is 1. The van der Waals surface area contributed by atoms with Gasteiger partial charge in [-0.2, -0.15) is 0 Å². The summed E-state index contributed by atoms with van der Waals surface area (Å²) in [6.07, 6.45) is 6.22. The molecule has 0 bridgehead atoms. The third kappa shape index (κ3) is 3.34. The summed E-state index contributed by atoms with van der Waals surface area (Å²) >= 11 is 1.65. The fraction of sp³-hybridized carbons (Fsp3) is 0.474. The molecule has 8 heteroatoms. The van der Waals surface area contributed by atoms with Crippen LogP contribution in [0, 0.1) is 0 Å². The maximum Gasteiger partial charge on any atom is 0.228 e. The molecular formula is C19H23N7S. The molecule has 2 aliphatic rings. The topological polar surface area (TPSA) is 85.7 Å². The first-order chi connectivity index (χ1) is 13.3. The summed E-state index contributed by atoms with van der Waals surface area (Å²) in [6.45, 7) is 2.17. The molecule has 0 spiro atoms. The molecule has 2 N–H and O–H groups in total. The first-order valence-electron chi connectivity index (χ1n) is 9.63. The largest absolute Gasteiger partial charge is 0.383 e. The molecule has 1 aliphatic carbocycles. The van der Waals surface area contributed by atoms with Crippen molar-refractivity contribution in [3.05, 3.63) is 30.1 Å². The first-order valence-corrected chi connectivity index (χ1v) is 10.6. The van der Waals surface area contributed by atoms with Gasteiger partial charge < -0.3 is 10.6 Å². The maximum absolute atomic E-state index is 6.12. The zero-order chi connectivity index (χ0) is 18.2. The van der Waals surface area contributed by atoms with Gasteiger partial charge in [-0.15, -0.1) is 10.2 Å². The lowest BCUT2D eigenvalue weighted by molar-refractivity contribution is 0.548. The van der Waals surface area contributed by atoms with Gasteiger partial charge in [0.1, 0.15) is 11.6 Å². The Morgan fingerprint density at radius 3 is 2.67 bits per heavy atom. The van der Waals surface area contributed by atoms with E-state index in [1.54, 1.807) is 11.8 Å². The number of nitrogens with zero attached hydrogens (tertiary/aromatic N) is 6. The van der Waals surface area contributed by atoms with Crippen molar-refractivity contribution >= 4 is 34.4 Å². The van der Waals surface area contributed by atoms with E-state index in [1.807, 2.05) is 24.3 Å². The van der Waals surface area contributed by atoms with Crippen molar-refractivity contribution in [3.8, 4) is 0 Å². The number of nitrogens with two attached hydrogens (primary N) is 1. The predicted molar refractivity (Wildman–Crippen MR) is 108 cm³/mol. The van der Waals surface area contributed by atoms with Crippen LogP contribution in [0.15, 0.2) is 29.4 Å². The molecule has 27 heavy (non-hydrogen) atoms. The molecule has 1 aliphatic heterocycles. The molecular weight excluding hydrogens is 358 g/mol. The van der Waals surface area contributed by atoms with Gasteiger partial charge in [-0.05, 0) is 44.2 Å². The van der Waals surface area contributed by atoms with Crippen LogP contribution in [-0.2, 0) is 5.75 Å². The average molecular weight is 382 g/mol. The molecule has 1 aromatic carbocycles. The highest BCUT2D eigenvalue weighted by molar-refractivity contribution is 7.98. The second-order valence-corrected chi connectivity index (χ2v) is 8.20. The third-order valence-electron chi connectivity index (χ3n) is 5.21. The van der Waals surface area contributed by atoms with Crippen LogP contribution < -0.4 is 10.6 Å².